The summed E-state index contributed by atoms with van der Waals surface area (Å²) in [5.74, 6) is 2.53. The Labute approximate surface area is 159 Å². The van der Waals surface area contributed by atoms with E-state index in [1.807, 2.05) is 11.8 Å². The Morgan fingerprint density at radius 2 is 1.77 bits per heavy atom. The van der Waals surface area contributed by atoms with Crippen LogP contribution in [0.5, 0.6) is 0 Å². The predicted molar refractivity (Wildman–Crippen MR) is 102 cm³/mol. The number of hydrogen-bond donors (Lipinski definition) is 1. The fraction of sp³-hybridized carbons (Fsp3) is 0.571. The largest absolute Gasteiger partial charge is 0.481 e. The van der Waals surface area contributed by atoms with Crippen molar-refractivity contribution >= 4 is 17.7 Å². The monoisotopic (exact) mass is 374 g/mol. The molecule has 0 aromatic heterocycles. The summed E-state index contributed by atoms with van der Waals surface area (Å²) in [4.78, 5) is 10.6. The van der Waals surface area contributed by atoms with Crippen LogP contribution in [-0.2, 0) is 20.0 Å². The minimum atomic E-state index is -0.715. The van der Waals surface area contributed by atoms with Crippen molar-refractivity contribution in [1.82, 2.24) is 0 Å². The Kier molecular flexibility index (Phi) is 5.67. The highest BCUT2D eigenvalue weighted by molar-refractivity contribution is 7.98. The molecule has 3 aliphatic rings. The number of allylic oxidation sites excluding steroid dienone is 2. The molecule has 3 fully saturated rings. The first-order chi connectivity index (χ1) is 12.7. The molecule has 140 valence electrons. The van der Waals surface area contributed by atoms with Crippen LogP contribution in [0, 0.1) is 11.8 Å². The van der Waals surface area contributed by atoms with Gasteiger partial charge in [-0.1, -0.05) is 42.5 Å². The molecule has 4 rings (SSSR count). The van der Waals surface area contributed by atoms with Gasteiger partial charge in [0, 0.05) is 18.1 Å². The van der Waals surface area contributed by atoms with Crippen LogP contribution in [0.25, 0.3) is 0 Å². The fourth-order valence-electron chi connectivity index (χ4n) is 4.33. The van der Waals surface area contributed by atoms with Crippen LogP contribution in [0.15, 0.2) is 42.5 Å². The quantitative estimate of drug-likeness (QED) is 0.382. The Morgan fingerprint density at radius 1 is 1.04 bits per heavy atom. The van der Waals surface area contributed by atoms with E-state index in [1.165, 1.54) is 5.56 Å². The summed E-state index contributed by atoms with van der Waals surface area (Å²) >= 11 is 1.99. The van der Waals surface area contributed by atoms with Crippen molar-refractivity contribution in [2.75, 3.05) is 5.75 Å². The molecule has 4 nitrogen and oxygen atoms in total. The first kappa shape index (κ1) is 18.1. The van der Waals surface area contributed by atoms with Gasteiger partial charge in [0.05, 0.1) is 12.2 Å². The fourth-order valence-corrected chi connectivity index (χ4v) is 5.59. The molecule has 5 heteroatoms. The first-order valence-electron chi connectivity index (χ1n) is 9.53. The van der Waals surface area contributed by atoms with Crippen molar-refractivity contribution in [3.05, 3.63) is 48.0 Å². The number of benzene rings is 1. The van der Waals surface area contributed by atoms with Gasteiger partial charge < -0.3 is 14.6 Å². The zero-order chi connectivity index (χ0) is 17.9. The molecule has 0 unspecified atom stereocenters. The molecular formula is C21H26O4S. The van der Waals surface area contributed by atoms with Gasteiger partial charge in [-0.25, -0.2) is 0 Å². The van der Waals surface area contributed by atoms with Gasteiger partial charge >= 0.3 is 5.97 Å². The molecule has 0 aliphatic carbocycles. The number of carboxylic acids is 1. The maximum atomic E-state index is 10.6. The third-order valence-corrected chi connectivity index (χ3v) is 6.83. The molecule has 3 aliphatic heterocycles. The summed E-state index contributed by atoms with van der Waals surface area (Å²) in [5.41, 5.74) is 1.37. The van der Waals surface area contributed by atoms with E-state index in [0.29, 0.717) is 30.5 Å². The number of unbranched alkanes of at least 4 members (excludes halogenated alkanes) is 1. The van der Waals surface area contributed by atoms with E-state index in [2.05, 4.69) is 42.5 Å². The number of fused-ring (bicyclic) bond motifs is 5. The second-order valence-electron chi connectivity index (χ2n) is 7.45. The topological polar surface area (TPSA) is 59.1 Å². The summed E-state index contributed by atoms with van der Waals surface area (Å²) in [6, 6.07) is 10.6. The van der Waals surface area contributed by atoms with Crippen LogP contribution < -0.4 is 0 Å². The average molecular weight is 375 g/mol. The van der Waals surface area contributed by atoms with Gasteiger partial charge in [0.2, 0.25) is 0 Å². The maximum absolute atomic E-state index is 10.6. The number of carboxylic acid groups (broad SMARTS) is 1. The number of thioether (sulfide) groups is 1. The normalized spacial score (nSPS) is 34.3. The second-order valence-corrected chi connectivity index (χ2v) is 8.48. The Bertz CT molecular complexity index is 647. The Morgan fingerprint density at radius 3 is 2.54 bits per heavy atom. The number of aliphatic carboxylic acids is 1. The number of epoxide rings is 1. The minimum absolute atomic E-state index is 0.248. The van der Waals surface area contributed by atoms with Crippen LogP contribution in [0.1, 0.15) is 31.2 Å². The third kappa shape index (κ3) is 4.00. The lowest BCUT2D eigenvalue weighted by molar-refractivity contribution is -0.137. The number of ether oxygens (including phenoxy) is 2. The lowest BCUT2D eigenvalue weighted by Crippen LogP contribution is -2.34. The van der Waals surface area contributed by atoms with Crippen LogP contribution >= 0.6 is 11.8 Å². The minimum Gasteiger partial charge on any atom is -0.481 e. The molecule has 0 radical (unpaired) electrons. The Balaban J connectivity index is 1.27. The molecule has 1 N–H and O–H groups in total. The van der Waals surface area contributed by atoms with Gasteiger partial charge in [-0.2, -0.15) is 11.8 Å². The van der Waals surface area contributed by atoms with E-state index in [-0.39, 0.29) is 18.6 Å². The average Bonchev–Trinajstić information content (AvgIpc) is 3.27. The van der Waals surface area contributed by atoms with E-state index < -0.39 is 5.97 Å². The van der Waals surface area contributed by atoms with Crippen LogP contribution in [0.3, 0.4) is 0 Å². The van der Waals surface area contributed by atoms with Crippen LogP contribution in [-0.4, -0.2) is 41.2 Å². The molecular weight excluding hydrogens is 348 g/mol. The SMILES string of the molecule is O=C(O)CCCC=CC[C@H]1[C@@H](CSCc2ccccc2)[C@@H]2O[C@H]1[C@@H]1O[C@@H]12. The van der Waals surface area contributed by atoms with Gasteiger partial charge in [-0.3, -0.25) is 4.79 Å². The molecule has 3 heterocycles. The molecule has 26 heavy (non-hydrogen) atoms. The van der Waals surface area contributed by atoms with Gasteiger partial charge in [0.1, 0.15) is 12.2 Å². The summed E-state index contributed by atoms with van der Waals surface area (Å²) < 4.78 is 12.0. The van der Waals surface area contributed by atoms with Gasteiger partial charge in [0.15, 0.2) is 0 Å². The molecule has 6 atom stereocenters. The summed E-state index contributed by atoms with van der Waals surface area (Å²) in [7, 11) is 0. The second kappa shape index (κ2) is 8.15. The summed E-state index contributed by atoms with van der Waals surface area (Å²) in [6.07, 6.45) is 8.38. The number of hydrogen-bond acceptors (Lipinski definition) is 4. The summed E-state index contributed by atoms with van der Waals surface area (Å²) in [6.45, 7) is 0. The zero-order valence-corrected chi connectivity index (χ0v) is 15.6. The van der Waals surface area contributed by atoms with E-state index in [0.717, 1.165) is 24.3 Å². The van der Waals surface area contributed by atoms with E-state index in [9.17, 15) is 4.79 Å². The van der Waals surface area contributed by atoms with E-state index in [4.69, 9.17) is 14.6 Å². The lowest BCUT2D eigenvalue weighted by atomic mass is 9.78. The molecule has 2 bridgehead atoms. The van der Waals surface area contributed by atoms with Crippen LogP contribution in [0.4, 0.5) is 0 Å². The van der Waals surface area contributed by atoms with Crippen molar-refractivity contribution in [2.45, 2.75) is 55.9 Å². The van der Waals surface area contributed by atoms with E-state index >= 15 is 0 Å². The maximum Gasteiger partial charge on any atom is 0.303 e. The van der Waals surface area contributed by atoms with Crippen LogP contribution in [0.2, 0.25) is 0 Å². The molecule has 0 saturated carbocycles. The van der Waals surface area contributed by atoms with Gasteiger partial charge in [0.25, 0.3) is 0 Å². The van der Waals surface area contributed by atoms with Crippen molar-refractivity contribution in [3.8, 4) is 0 Å². The standard InChI is InChI=1S/C21H26O4S/c22-17(23)11-7-2-1-6-10-15-16(19-21-20(25-21)18(15)24-19)13-26-12-14-8-4-3-5-9-14/h1,3-6,8-9,15-16,18-21H,2,7,10-13H2,(H,22,23)/t15-,16+,18+,19-,20-,21+/m0/s1. The predicted octanol–water partition coefficient (Wildman–Crippen LogP) is 3.90. The molecule has 0 amide bonds. The Hall–Kier alpha value is -1.30. The number of carbonyl (C=O) groups is 1. The van der Waals surface area contributed by atoms with Crippen molar-refractivity contribution < 1.29 is 19.4 Å². The third-order valence-electron chi connectivity index (χ3n) is 5.68. The smallest absolute Gasteiger partial charge is 0.303 e. The molecule has 0 spiro atoms. The van der Waals surface area contributed by atoms with Gasteiger partial charge in [-0.15, -0.1) is 0 Å². The van der Waals surface area contributed by atoms with Crippen molar-refractivity contribution in [2.24, 2.45) is 11.8 Å². The highest BCUT2D eigenvalue weighted by Crippen LogP contribution is 2.55. The highest BCUT2D eigenvalue weighted by Gasteiger charge is 2.68. The van der Waals surface area contributed by atoms with E-state index in [1.54, 1.807) is 0 Å². The zero-order valence-electron chi connectivity index (χ0n) is 14.8. The highest BCUT2D eigenvalue weighted by atomic mass is 32.2. The molecule has 3 saturated heterocycles. The first-order valence-corrected chi connectivity index (χ1v) is 10.7. The number of rotatable bonds is 10. The van der Waals surface area contributed by atoms with Gasteiger partial charge in [-0.05, 0) is 36.5 Å². The summed E-state index contributed by atoms with van der Waals surface area (Å²) in [5, 5.41) is 8.69. The molecule has 1 aromatic rings. The van der Waals surface area contributed by atoms with Crippen molar-refractivity contribution in [3.63, 3.8) is 0 Å². The molecule has 1 aromatic carbocycles. The lowest BCUT2D eigenvalue weighted by Gasteiger charge is -2.24. The van der Waals surface area contributed by atoms with Crippen molar-refractivity contribution in [1.29, 1.82) is 0 Å².